The average Bonchev–Trinajstić information content (AvgIpc) is 2.83. The van der Waals surface area contributed by atoms with Gasteiger partial charge in [0.05, 0.1) is 20.3 Å². The van der Waals surface area contributed by atoms with E-state index >= 15 is 0 Å². The molecular weight excluding hydrogens is 418 g/mol. The van der Waals surface area contributed by atoms with E-state index in [0.717, 1.165) is 36.0 Å². The fourth-order valence-electron chi connectivity index (χ4n) is 4.81. The summed E-state index contributed by atoms with van der Waals surface area (Å²) in [4.78, 5) is 2.53. The van der Waals surface area contributed by atoms with Crippen LogP contribution in [-0.4, -0.2) is 25.7 Å². The molecule has 3 nitrogen and oxygen atoms in total. The minimum Gasteiger partial charge on any atom is -0.493 e. The molecule has 0 aliphatic carbocycles. The van der Waals surface area contributed by atoms with Crippen molar-refractivity contribution in [3.05, 3.63) is 106 Å². The first-order valence-corrected chi connectivity index (χ1v) is 11.3. The van der Waals surface area contributed by atoms with Crippen LogP contribution in [0.25, 0.3) is 10.8 Å². The molecule has 0 aromatic heterocycles. The fourth-order valence-corrected chi connectivity index (χ4v) is 5.01. The van der Waals surface area contributed by atoms with Crippen LogP contribution in [0.3, 0.4) is 0 Å². The van der Waals surface area contributed by atoms with Crippen LogP contribution in [0.15, 0.2) is 78.9 Å². The second kappa shape index (κ2) is 8.85. The van der Waals surface area contributed by atoms with Gasteiger partial charge in [0, 0.05) is 18.1 Å². The minimum atomic E-state index is 0.0868. The zero-order chi connectivity index (χ0) is 22.1. The van der Waals surface area contributed by atoms with Crippen molar-refractivity contribution < 1.29 is 9.47 Å². The summed E-state index contributed by atoms with van der Waals surface area (Å²) in [5, 5.41) is 3.29. The van der Waals surface area contributed by atoms with Gasteiger partial charge in [-0.25, -0.2) is 0 Å². The fraction of sp³-hybridized carbons (Fsp3) is 0.214. The van der Waals surface area contributed by atoms with E-state index in [4.69, 9.17) is 21.1 Å². The molecule has 4 heteroatoms. The minimum absolute atomic E-state index is 0.0868. The van der Waals surface area contributed by atoms with Crippen LogP contribution in [0.2, 0.25) is 5.02 Å². The van der Waals surface area contributed by atoms with Gasteiger partial charge in [0.25, 0.3) is 0 Å². The van der Waals surface area contributed by atoms with Crippen molar-refractivity contribution in [2.75, 3.05) is 20.8 Å². The van der Waals surface area contributed by atoms with E-state index in [9.17, 15) is 0 Å². The number of methoxy groups -OCH3 is 2. The summed E-state index contributed by atoms with van der Waals surface area (Å²) in [5.74, 6) is 1.53. The van der Waals surface area contributed by atoms with Crippen molar-refractivity contribution in [1.82, 2.24) is 4.90 Å². The van der Waals surface area contributed by atoms with E-state index in [1.165, 1.54) is 33.0 Å². The Labute approximate surface area is 194 Å². The van der Waals surface area contributed by atoms with Crippen LogP contribution < -0.4 is 9.47 Å². The lowest BCUT2D eigenvalue weighted by Crippen LogP contribution is -2.35. The van der Waals surface area contributed by atoms with E-state index in [2.05, 4.69) is 71.6 Å². The molecule has 162 valence electrons. The number of fused-ring (bicyclic) bond motifs is 2. The van der Waals surface area contributed by atoms with Crippen molar-refractivity contribution >= 4 is 22.4 Å². The predicted octanol–water partition coefficient (Wildman–Crippen LogP) is 6.66. The van der Waals surface area contributed by atoms with Gasteiger partial charge in [-0.15, -0.1) is 0 Å². The largest absolute Gasteiger partial charge is 0.493 e. The molecule has 0 N–H and O–H groups in total. The highest BCUT2D eigenvalue weighted by molar-refractivity contribution is 6.30. The molecule has 0 bridgehead atoms. The first-order chi connectivity index (χ1) is 15.7. The van der Waals surface area contributed by atoms with Gasteiger partial charge in [0.1, 0.15) is 0 Å². The Bertz CT molecular complexity index is 1270. The molecule has 4 aromatic carbocycles. The van der Waals surface area contributed by atoms with E-state index < -0.39 is 0 Å². The summed E-state index contributed by atoms with van der Waals surface area (Å²) in [6, 6.07) is 27.8. The van der Waals surface area contributed by atoms with E-state index in [1.807, 2.05) is 12.1 Å². The Kier molecular flexibility index (Phi) is 5.77. The van der Waals surface area contributed by atoms with E-state index in [1.54, 1.807) is 14.2 Å². The van der Waals surface area contributed by atoms with Gasteiger partial charge in [0.15, 0.2) is 11.5 Å². The highest BCUT2D eigenvalue weighted by atomic mass is 35.5. The molecule has 1 aliphatic rings. The van der Waals surface area contributed by atoms with Crippen LogP contribution in [0, 0.1) is 0 Å². The Morgan fingerprint density at radius 3 is 2.41 bits per heavy atom. The summed E-state index contributed by atoms with van der Waals surface area (Å²) in [5.41, 5.74) is 5.03. The van der Waals surface area contributed by atoms with Gasteiger partial charge in [0.2, 0.25) is 0 Å². The van der Waals surface area contributed by atoms with E-state index in [0.29, 0.717) is 0 Å². The molecule has 5 rings (SSSR count). The Hall–Kier alpha value is -3.01. The monoisotopic (exact) mass is 443 g/mol. The summed E-state index contributed by atoms with van der Waals surface area (Å²) in [6.07, 6.45) is 0.959. The molecular formula is C28H26ClNO2. The van der Waals surface area contributed by atoms with E-state index in [-0.39, 0.29) is 6.04 Å². The third kappa shape index (κ3) is 3.94. The first-order valence-electron chi connectivity index (χ1n) is 10.9. The molecule has 1 heterocycles. The summed E-state index contributed by atoms with van der Waals surface area (Å²) < 4.78 is 11.2. The molecule has 0 fully saturated rings. The van der Waals surface area contributed by atoms with Crippen LogP contribution in [0.1, 0.15) is 28.3 Å². The maximum atomic E-state index is 6.41. The Morgan fingerprint density at radius 1 is 0.844 bits per heavy atom. The Morgan fingerprint density at radius 2 is 1.62 bits per heavy atom. The molecule has 32 heavy (non-hydrogen) atoms. The van der Waals surface area contributed by atoms with Gasteiger partial charge in [-0.3, -0.25) is 4.90 Å². The molecule has 0 radical (unpaired) electrons. The van der Waals surface area contributed by atoms with Gasteiger partial charge < -0.3 is 9.47 Å². The van der Waals surface area contributed by atoms with Crippen molar-refractivity contribution in [2.24, 2.45) is 0 Å². The predicted molar refractivity (Wildman–Crippen MR) is 131 cm³/mol. The number of benzene rings is 4. The normalized spacial score (nSPS) is 16.0. The lowest BCUT2D eigenvalue weighted by molar-refractivity contribution is 0.203. The summed E-state index contributed by atoms with van der Waals surface area (Å²) in [7, 11) is 3.38. The topological polar surface area (TPSA) is 21.7 Å². The number of ether oxygens (including phenoxy) is 2. The van der Waals surface area contributed by atoms with Gasteiger partial charge in [-0.05, 0) is 69.8 Å². The lowest BCUT2D eigenvalue weighted by Gasteiger charge is -2.38. The molecule has 0 unspecified atom stereocenters. The third-order valence-electron chi connectivity index (χ3n) is 6.34. The molecule has 0 spiro atoms. The molecule has 0 saturated carbocycles. The van der Waals surface area contributed by atoms with Crippen molar-refractivity contribution in [2.45, 2.75) is 19.0 Å². The Balaban J connectivity index is 1.58. The number of hydrogen-bond donors (Lipinski definition) is 0. The number of rotatable bonds is 5. The molecule has 1 aliphatic heterocycles. The number of nitrogens with zero attached hydrogens (tertiary/aromatic N) is 1. The van der Waals surface area contributed by atoms with Gasteiger partial charge >= 0.3 is 0 Å². The standard InChI is InChI=1S/C28H26ClNO2/c1-31-26-16-22-12-13-30(18-19-10-11-20-6-3-4-7-21(20)14-19)28(25(22)17-27(26)32-2)23-8-5-9-24(29)15-23/h3-11,14-17,28H,12-13,18H2,1-2H3/t28-/m1/s1. The average molecular weight is 444 g/mol. The maximum Gasteiger partial charge on any atom is 0.161 e. The molecule has 0 saturated heterocycles. The number of halogens is 1. The zero-order valence-corrected chi connectivity index (χ0v) is 19.1. The maximum absolute atomic E-state index is 6.41. The second-order valence-electron chi connectivity index (χ2n) is 8.27. The first kappa shape index (κ1) is 20.9. The van der Waals surface area contributed by atoms with Crippen molar-refractivity contribution in [1.29, 1.82) is 0 Å². The van der Waals surface area contributed by atoms with Crippen molar-refractivity contribution in [3.8, 4) is 11.5 Å². The summed E-state index contributed by atoms with van der Waals surface area (Å²) >= 11 is 6.41. The van der Waals surface area contributed by atoms with Crippen LogP contribution in [0.5, 0.6) is 11.5 Å². The zero-order valence-electron chi connectivity index (χ0n) is 18.3. The second-order valence-corrected chi connectivity index (χ2v) is 8.70. The van der Waals surface area contributed by atoms with Crippen LogP contribution in [0.4, 0.5) is 0 Å². The SMILES string of the molecule is COc1cc2c(cc1OC)[C@@H](c1cccc(Cl)c1)N(Cc1ccc3ccccc3c1)CC2. The summed E-state index contributed by atoms with van der Waals surface area (Å²) in [6.45, 7) is 1.81. The van der Waals surface area contributed by atoms with Crippen LogP contribution in [-0.2, 0) is 13.0 Å². The van der Waals surface area contributed by atoms with Crippen LogP contribution >= 0.6 is 11.6 Å². The van der Waals surface area contributed by atoms with Crippen molar-refractivity contribution in [3.63, 3.8) is 0 Å². The highest BCUT2D eigenvalue weighted by Gasteiger charge is 2.30. The molecule has 4 aromatic rings. The smallest absolute Gasteiger partial charge is 0.161 e. The molecule has 1 atom stereocenters. The molecule has 0 amide bonds. The quantitative estimate of drug-likeness (QED) is 0.344. The highest BCUT2D eigenvalue weighted by Crippen LogP contribution is 2.42. The lowest BCUT2D eigenvalue weighted by atomic mass is 9.87. The number of hydrogen-bond acceptors (Lipinski definition) is 3. The third-order valence-corrected chi connectivity index (χ3v) is 6.57. The van der Waals surface area contributed by atoms with Gasteiger partial charge in [-0.1, -0.05) is 60.1 Å². The van der Waals surface area contributed by atoms with Gasteiger partial charge in [-0.2, -0.15) is 0 Å².